The Hall–Kier alpha value is -4.91. The van der Waals surface area contributed by atoms with Crippen molar-refractivity contribution in [3.05, 3.63) is 130 Å². The second kappa shape index (κ2) is 10.6. The van der Waals surface area contributed by atoms with Gasteiger partial charge in [-0.3, -0.25) is 14.9 Å². The number of nitrogens with zero attached hydrogens (tertiary/aromatic N) is 2. The first kappa shape index (κ1) is 24.8. The van der Waals surface area contributed by atoms with E-state index in [1.54, 1.807) is 19.2 Å². The molecule has 5 rings (SSSR count). The summed E-state index contributed by atoms with van der Waals surface area (Å²) >= 11 is 0. The van der Waals surface area contributed by atoms with Crippen molar-refractivity contribution in [2.24, 2.45) is 0 Å². The summed E-state index contributed by atoms with van der Waals surface area (Å²) in [5.41, 5.74) is 5.84. The predicted octanol–water partition coefficient (Wildman–Crippen LogP) is 6.76. The summed E-state index contributed by atoms with van der Waals surface area (Å²) < 4.78 is 7.50. The number of ether oxygens (including phenoxy) is 1. The SMILES string of the molecule is COc1cccc(-c2ccc(Cn3ccc4cc(C(=O)N[C@@H](C)c5ccc([N+](=O)[O-])cc5)ccc43)cc2)c1. The number of methoxy groups -OCH3 is 1. The molecule has 0 unspecified atom stereocenters. The van der Waals surface area contributed by atoms with Crippen LogP contribution >= 0.6 is 0 Å². The van der Waals surface area contributed by atoms with Gasteiger partial charge in [0.15, 0.2) is 0 Å². The molecule has 190 valence electrons. The number of carbonyl (C=O) groups is 1. The van der Waals surface area contributed by atoms with Crippen LogP contribution in [0.25, 0.3) is 22.0 Å². The molecule has 0 aliphatic carbocycles. The van der Waals surface area contributed by atoms with Crippen LogP contribution in [-0.2, 0) is 6.54 Å². The van der Waals surface area contributed by atoms with Gasteiger partial charge in [0.2, 0.25) is 0 Å². The van der Waals surface area contributed by atoms with Gasteiger partial charge in [0, 0.05) is 41.3 Å². The van der Waals surface area contributed by atoms with E-state index in [0.717, 1.165) is 33.3 Å². The van der Waals surface area contributed by atoms with Gasteiger partial charge in [-0.2, -0.15) is 0 Å². The summed E-state index contributed by atoms with van der Waals surface area (Å²) in [4.78, 5) is 23.3. The van der Waals surface area contributed by atoms with Crippen LogP contribution in [-0.4, -0.2) is 22.5 Å². The number of hydrogen-bond donors (Lipinski definition) is 1. The first-order valence-corrected chi connectivity index (χ1v) is 12.3. The highest BCUT2D eigenvalue weighted by Crippen LogP contribution is 2.25. The van der Waals surface area contributed by atoms with Crippen molar-refractivity contribution in [3.8, 4) is 16.9 Å². The van der Waals surface area contributed by atoms with E-state index in [0.29, 0.717) is 12.1 Å². The Morgan fingerprint density at radius 2 is 1.71 bits per heavy atom. The van der Waals surface area contributed by atoms with Gasteiger partial charge >= 0.3 is 0 Å². The van der Waals surface area contributed by atoms with Crippen molar-refractivity contribution in [2.75, 3.05) is 7.11 Å². The molecule has 1 atom stereocenters. The van der Waals surface area contributed by atoms with Gasteiger partial charge in [0.1, 0.15) is 5.75 Å². The first-order valence-electron chi connectivity index (χ1n) is 12.3. The van der Waals surface area contributed by atoms with E-state index in [4.69, 9.17) is 4.74 Å². The minimum atomic E-state index is -0.439. The predicted molar refractivity (Wildman–Crippen MR) is 148 cm³/mol. The number of benzene rings is 4. The fraction of sp³-hybridized carbons (Fsp3) is 0.129. The maximum atomic E-state index is 12.9. The van der Waals surface area contributed by atoms with Gasteiger partial charge in [0.05, 0.1) is 18.1 Å². The van der Waals surface area contributed by atoms with Gasteiger partial charge in [0.25, 0.3) is 11.6 Å². The lowest BCUT2D eigenvalue weighted by molar-refractivity contribution is -0.384. The number of fused-ring (bicyclic) bond motifs is 1. The third-order valence-electron chi connectivity index (χ3n) is 6.69. The van der Waals surface area contributed by atoms with E-state index in [9.17, 15) is 14.9 Å². The zero-order chi connectivity index (χ0) is 26.6. The molecule has 38 heavy (non-hydrogen) atoms. The number of hydrogen-bond acceptors (Lipinski definition) is 4. The van der Waals surface area contributed by atoms with Crippen LogP contribution in [0.4, 0.5) is 5.69 Å². The summed E-state index contributed by atoms with van der Waals surface area (Å²) in [5.74, 6) is 0.637. The Labute approximate surface area is 220 Å². The van der Waals surface area contributed by atoms with Gasteiger partial charge in [-0.1, -0.05) is 48.5 Å². The van der Waals surface area contributed by atoms with Crippen LogP contribution in [0, 0.1) is 10.1 Å². The summed E-state index contributed by atoms with van der Waals surface area (Å²) in [6.45, 7) is 2.57. The maximum absolute atomic E-state index is 12.9. The zero-order valence-corrected chi connectivity index (χ0v) is 21.1. The topological polar surface area (TPSA) is 86.4 Å². The highest BCUT2D eigenvalue weighted by Gasteiger charge is 2.14. The lowest BCUT2D eigenvalue weighted by Crippen LogP contribution is -2.26. The van der Waals surface area contributed by atoms with E-state index in [1.807, 2.05) is 55.6 Å². The van der Waals surface area contributed by atoms with Crippen molar-refractivity contribution in [3.63, 3.8) is 0 Å². The monoisotopic (exact) mass is 505 g/mol. The maximum Gasteiger partial charge on any atom is 0.269 e. The van der Waals surface area contributed by atoms with Gasteiger partial charge in [-0.15, -0.1) is 0 Å². The van der Waals surface area contributed by atoms with Crippen molar-refractivity contribution < 1.29 is 14.5 Å². The molecule has 5 aromatic rings. The lowest BCUT2D eigenvalue weighted by atomic mass is 10.0. The average molecular weight is 506 g/mol. The number of nitrogens with one attached hydrogen (secondary N) is 1. The first-order chi connectivity index (χ1) is 18.4. The zero-order valence-electron chi connectivity index (χ0n) is 21.1. The fourth-order valence-electron chi connectivity index (χ4n) is 4.53. The Bertz CT molecular complexity index is 1610. The normalized spacial score (nSPS) is 11.7. The smallest absolute Gasteiger partial charge is 0.269 e. The average Bonchev–Trinajstić information content (AvgIpc) is 3.35. The van der Waals surface area contributed by atoms with E-state index >= 15 is 0 Å². The van der Waals surface area contributed by atoms with E-state index < -0.39 is 4.92 Å². The van der Waals surface area contributed by atoms with Crippen LogP contribution in [0.2, 0.25) is 0 Å². The molecule has 1 heterocycles. The Morgan fingerprint density at radius 1 is 0.947 bits per heavy atom. The second-order valence-corrected chi connectivity index (χ2v) is 9.19. The fourth-order valence-corrected chi connectivity index (χ4v) is 4.53. The molecule has 0 bridgehead atoms. The molecule has 1 amide bonds. The van der Waals surface area contributed by atoms with Crippen molar-refractivity contribution in [2.45, 2.75) is 19.5 Å². The largest absolute Gasteiger partial charge is 0.497 e. The molecular weight excluding hydrogens is 478 g/mol. The van der Waals surface area contributed by atoms with Gasteiger partial charge in [-0.05, 0) is 65.6 Å². The molecule has 0 spiro atoms. The highest BCUT2D eigenvalue weighted by molar-refractivity contribution is 5.98. The molecule has 0 aliphatic heterocycles. The number of amides is 1. The van der Waals surface area contributed by atoms with E-state index in [-0.39, 0.29) is 17.6 Å². The molecular formula is C31H27N3O4. The molecule has 0 saturated heterocycles. The minimum Gasteiger partial charge on any atom is -0.497 e. The van der Waals surface area contributed by atoms with Crippen molar-refractivity contribution in [1.82, 2.24) is 9.88 Å². The molecule has 1 N–H and O–H groups in total. The molecule has 0 saturated carbocycles. The van der Waals surface area contributed by atoms with Crippen LogP contribution in [0.5, 0.6) is 5.75 Å². The minimum absolute atomic E-state index is 0.0232. The second-order valence-electron chi connectivity index (χ2n) is 9.19. The summed E-state index contributed by atoms with van der Waals surface area (Å²) in [5, 5.41) is 14.8. The molecule has 7 nitrogen and oxygen atoms in total. The number of aromatic nitrogens is 1. The van der Waals surface area contributed by atoms with Crippen molar-refractivity contribution in [1.29, 1.82) is 0 Å². The highest BCUT2D eigenvalue weighted by atomic mass is 16.6. The number of non-ortho nitro benzene ring substituents is 1. The summed E-state index contributed by atoms with van der Waals surface area (Å²) in [6, 6.07) is 30.1. The number of carbonyl (C=O) groups excluding carboxylic acids is 1. The molecule has 0 fully saturated rings. The standard InChI is InChI=1S/C31H27N3O4/c1-21(23-10-13-28(14-11-23)34(36)37)32-31(35)27-12-15-30-26(18-27)16-17-33(30)20-22-6-8-24(9-7-22)25-4-3-5-29(19-25)38-2/h3-19,21H,20H2,1-2H3,(H,32,35)/t21-/m0/s1. The van der Waals surface area contributed by atoms with Crippen LogP contribution < -0.4 is 10.1 Å². The van der Waals surface area contributed by atoms with Crippen LogP contribution in [0.3, 0.4) is 0 Å². The third kappa shape index (κ3) is 5.27. The van der Waals surface area contributed by atoms with Crippen LogP contribution in [0.1, 0.15) is 34.5 Å². The van der Waals surface area contributed by atoms with Crippen molar-refractivity contribution >= 4 is 22.5 Å². The summed E-state index contributed by atoms with van der Waals surface area (Å²) in [7, 11) is 1.67. The molecule has 4 aromatic carbocycles. The third-order valence-corrected chi connectivity index (χ3v) is 6.69. The lowest BCUT2D eigenvalue weighted by Gasteiger charge is -2.14. The molecule has 1 aromatic heterocycles. The number of rotatable bonds is 8. The Morgan fingerprint density at radius 3 is 2.42 bits per heavy atom. The quantitative estimate of drug-likeness (QED) is 0.186. The molecule has 7 heteroatoms. The van der Waals surface area contributed by atoms with Crippen LogP contribution in [0.15, 0.2) is 103 Å². The van der Waals surface area contributed by atoms with Gasteiger partial charge < -0.3 is 14.6 Å². The summed E-state index contributed by atoms with van der Waals surface area (Å²) in [6.07, 6.45) is 2.03. The molecule has 0 radical (unpaired) electrons. The number of nitro groups is 1. The Kier molecular flexibility index (Phi) is 6.91. The van der Waals surface area contributed by atoms with E-state index in [2.05, 4.69) is 40.2 Å². The van der Waals surface area contributed by atoms with Gasteiger partial charge in [-0.25, -0.2) is 0 Å². The molecule has 0 aliphatic rings. The van der Waals surface area contributed by atoms with E-state index in [1.165, 1.54) is 17.7 Å². The number of nitro benzene ring substituents is 1. The Balaban J connectivity index is 1.27.